The molecule has 0 aliphatic heterocycles. The summed E-state index contributed by atoms with van der Waals surface area (Å²) in [4.78, 5) is 36.9. The van der Waals surface area contributed by atoms with Gasteiger partial charge in [-0.05, 0) is 43.0 Å². The highest BCUT2D eigenvalue weighted by molar-refractivity contribution is 5.89. The Labute approximate surface area is 204 Å². The molecular weight excluding hydrogens is 452 g/mol. The lowest BCUT2D eigenvalue weighted by molar-refractivity contribution is -0.145. The predicted molar refractivity (Wildman–Crippen MR) is 129 cm³/mol. The van der Waals surface area contributed by atoms with Crippen LogP contribution in [0.25, 0.3) is 11.1 Å². The summed E-state index contributed by atoms with van der Waals surface area (Å²) in [7, 11) is 1.37. The summed E-state index contributed by atoms with van der Waals surface area (Å²) in [6, 6.07) is 13.5. The number of hydrogen-bond donors (Lipinski definition) is 3. The van der Waals surface area contributed by atoms with Crippen molar-refractivity contribution in [1.82, 2.24) is 10.6 Å². The molecule has 0 saturated carbocycles. The van der Waals surface area contributed by atoms with E-state index in [1.54, 1.807) is 20.8 Å². The van der Waals surface area contributed by atoms with Crippen molar-refractivity contribution in [3.63, 3.8) is 0 Å². The molecule has 0 aromatic heterocycles. The van der Waals surface area contributed by atoms with Crippen LogP contribution in [-0.4, -0.2) is 67.7 Å². The molecule has 3 rings (SSSR count). The Morgan fingerprint density at radius 2 is 1.49 bits per heavy atom. The fraction of sp³-hybridized carbons (Fsp3) is 0.423. The second-order valence-corrected chi connectivity index (χ2v) is 9.30. The van der Waals surface area contributed by atoms with Gasteiger partial charge >= 0.3 is 12.1 Å². The first kappa shape index (κ1) is 26.2. The van der Waals surface area contributed by atoms with Crippen molar-refractivity contribution >= 4 is 18.0 Å². The van der Waals surface area contributed by atoms with Crippen molar-refractivity contribution in [1.29, 1.82) is 0 Å². The van der Waals surface area contributed by atoms with Crippen molar-refractivity contribution in [2.75, 3.05) is 26.9 Å². The Hall–Kier alpha value is -3.43. The van der Waals surface area contributed by atoms with Crippen LogP contribution in [0, 0.1) is 0 Å². The summed E-state index contributed by atoms with van der Waals surface area (Å²) in [6.45, 7) is 5.02. The molecule has 3 N–H and O–H groups in total. The molecule has 0 unspecified atom stereocenters. The molecule has 0 radical (unpaired) electrons. The van der Waals surface area contributed by atoms with Gasteiger partial charge in [0.25, 0.3) is 0 Å². The number of amides is 2. The largest absolute Gasteiger partial charge is 0.480 e. The van der Waals surface area contributed by atoms with Crippen LogP contribution in [0.2, 0.25) is 0 Å². The minimum absolute atomic E-state index is 0.0817. The van der Waals surface area contributed by atoms with Crippen molar-refractivity contribution in [2.24, 2.45) is 0 Å². The van der Waals surface area contributed by atoms with Gasteiger partial charge in [-0.25, -0.2) is 9.59 Å². The molecule has 0 spiro atoms. The van der Waals surface area contributed by atoms with Crippen LogP contribution >= 0.6 is 0 Å². The van der Waals surface area contributed by atoms with E-state index in [9.17, 15) is 19.5 Å². The topological polar surface area (TPSA) is 123 Å². The summed E-state index contributed by atoms with van der Waals surface area (Å²) in [6.07, 6.45) is -0.804. The molecule has 0 fully saturated rings. The molecule has 188 valence electrons. The van der Waals surface area contributed by atoms with Crippen LogP contribution in [0.15, 0.2) is 48.5 Å². The number of nitrogens with one attached hydrogen (secondary N) is 2. The number of carbonyl (C=O) groups is 3. The molecule has 1 aliphatic rings. The van der Waals surface area contributed by atoms with Crippen LogP contribution < -0.4 is 10.6 Å². The molecule has 35 heavy (non-hydrogen) atoms. The first-order valence-electron chi connectivity index (χ1n) is 11.4. The maximum absolute atomic E-state index is 12.7. The van der Waals surface area contributed by atoms with Gasteiger partial charge in [0.1, 0.15) is 12.6 Å². The fourth-order valence-electron chi connectivity index (χ4n) is 3.91. The van der Waals surface area contributed by atoms with Gasteiger partial charge < -0.3 is 30.0 Å². The maximum Gasteiger partial charge on any atom is 0.407 e. The number of fused-ring (bicyclic) bond motifs is 3. The van der Waals surface area contributed by atoms with Gasteiger partial charge in [0.05, 0.1) is 18.8 Å². The number of carboxylic acids is 1. The van der Waals surface area contributed by atoms with Crippen LogP contribution in [0.5, 0.6) is 0 Å². The average molecular weight is 485 g/mol. The SMILES string of the molecule is COC[C@H](NC(=O)OCC1c2ccccc2-c2ccccc21)C(=O)N[C@@H](COC(C)(C)C)C(=O)O. The van der Waals surface area contributed by atoms with Gasteiger partial charge in [-0.15, -0.1) is 0 Å². The second kappa shape index (κ2) is 11.3. The standard InChI is InChI=1S/C26H32N2O7/c1-26(2,3)35-15-22(24(30)31)27-23(29)21(14-33-4)28-25(32)34-13-20-18-11-7-5-9-16(18)17-10-6-8-12-19(17)20/h5-12,20-22H,13-15H2,1-4H3,(H,27,29)(H,28,32)(H,30,31)/t21-,22-/m0/s1. The van der Waals surface area contributed by atoms with Gasteiger partial charge in [0.2, 0.25) is 5.91 Å². The van der Waals surface area contributed by atoms with Crippen molar-refractivity contribution in [3.8, 4) is 11.1 Å². The maximum atomic E-state index is 12.7. The number of carboxylic acid groups (broad SMARTS) is 1. The Morgan fingerprint density at radius 1 is 0.914 bits per heavy atom. The van der Waals surface area contributed by atoms with Gasteiger partial charge in [0.15, 0.2) is 6.04 Å². The van der Waals surface area contributed by atoms with E-state index in [1.165, 1.54) is 7.11 Å². The molecule has 2 aromatic rings. The molecule has 9 heteroatoms. The zero-order chi connectivity index (χ0) is 25.6. The molecule has 2 amide bonds. The monoisotopic (exact) mass is 484 g/mol. The molecule has 2 atom stereocenters. The number of hydrogen-bond acceptors (Lipinski definition) is 6. The van der Waals surface area contributed by atoms with Crippen LogP contribution in [0.1, 0.15) is 37.8 Å². The lowest BCUT2D eigenvalue weighted by Crippen LogP contribution is -2.55. The molecular formula is C26H32N2O7. The normalized spacial score (nSPS) is 14.4. The van der Waals surface area contributed by atoms with Gasteiger partial charge in [-0.3, -0.25) is 4.79 Å². The first-order valence-corrected chi connectivity index (χ1v) is 11.4. The fourth-order valence-corrected chi connectivity index (χ4v) is 3.91. The smallest absolute Gasteiger partial charge is 0.407 e. The number of carbonyl (C=O) groups excluding carboxylic acids is 2. The number of ether oxygens (including phenoxy) is 3. The Bertz CT molecular complexity index is 1020. The molecule has 1 aliphatic carbocycles. The summed E-state index contributed by atoms with van der Waals surface area (Å²) in [5, 5.41) is 14.3. The molecule has 9 nitrogen and oxygen atoms in total. The van der Waals surface area contributed by atoms with E-state index in [1.807, 2.05) is 48.5 Å². The van der Waals surface area contributed by atoms with Crippen LogP contribution in [0.3, 0.4) is 0 Å². The second-order valence-electron chi connectivity index (χ2n) is 9.30. The zero-order valence-corrected chi connectivity index (χ0v) is 20.4. The van der Waals surface area contributed by atoms with E-state index >= 15 is 0 Å². The summed E-state index contributed by atoms with van der Waals surface area (Å²) in [5.74, 6) is -2.10. The van der Waals surface area contributed by atoms with Crippen LogP contribution in [-0.2, 0) is 23.8 Å². The number of aliphatic carboxylic acids is 1. The van der Waals surface area contributed by atoms with E-state index in [-0.39, 0.29) is 25.7 Å². The van der Waals surface area contributed by atoms with Crippen molar-refractivity contribution < 1.29 is 33.7 Å². The first-order chi connectivity index (χ1) is 16.6. The van der Waals surface area contributed by atoms with E-state index in [0.717, 1.165) is 22.3 Å². The molecule has 0 saturated heterocycles. The number of benzene rings is 2. The highest BCUT2D eigenvalue weighted by Crippen LogP contribution is 2.44. The third-order valence-corrected chi connectivity index (χ3v) is 5.58. The van der Waals surface area contributed by atoms with Crippen molar-refractivity contribution in [2.45, 2.75) is 44.4 Å². The lowest BCUT2D eigenvalue weighted by atomic mass is 9.98. The number of rotatable bonds is 10. The highest BCUT2D eigenvalue weighted by atomic mass is 16.5. The molecule has 0 bridgehead atoms. The predicted octanol–water partition coefficient (Wildman–Crippen LogP) is 2.92. The summed E-state index contributed by atoms with van der Waals surface area (Å²) < 4.78 is 16.0. The van der Waals surface area contributed by atoms with Crippen LogP contribution in [0.4, 0.5) is 4.79 Å². The van der Waals surface area contributed by atoms with Gasteiger partial charge in [0, 0.05) is 13.0 Å². The Morgan fingerprint density at radius 3 is 2.00 bits per heavy atom. The highest BCUT2D eigenvalue weighted by Gasteiger charge is 2.31. The van der Waals surface area contributed by atoms with E-state index in [2.05, 4.69) is 10.6 Å². The quantitative estimate of drug-likeness (QED) is 0.474. The van der Waals surface area contributed by atoms with Gasteiger partial charge in [-0.2, -0.15) is 0 Å². The minimum Gasteiger partial charge on any atom is -0.480 e. The molecule has 0 heterocycles. The minimum atomic E-state index is -1.29. The number of alkyl carbamates (subject to hydrolysis) is 1. The van der Waals surface area contributed by atoms with Crippen molar-refractivity contribution in [3.05, 3.63) is 59.7 Å². The average Bonchev–Trinajstić information content (AvgIpc) is 3.13. The molecule has 2 aromatic carbocycles. The Kier molecular flexibility index (Phi) is 8.48. The van der Waals surface area contributed by atoms with E-state index in [4.69, 9.17) is 14.2 Å². The lowest BCUT2D eigenvalue weighted by Gasteiger charge is -2.25. The summed E-state index contributed by atoms with van der Waals surface area (Å²) >= 11 is 0. The zero-order valence-electron chi connectivity index (χ0n) is 20.4. The number of methoxy groups -OCH3 is 1. The van der Waals surface area contributed by atoms with E-state index in [0.29, 0.717) is 0 Å². The van der Waals surface area contributed by atoms with Gasteiger partial charge in [-0.1, -0.05) is 48.5 Å². The van der Waals surface area contributed by atoms with E-state index < -0.39 is 35.7 Å². The third kappa shape index (κ3) is 6.80. The summed E-state index contributed by atoms with van der Waals surface area (Å²) in [5.41, 5.74) is 3.76. The third-order valence-electron chi connectivity index (χ3n) is 5.58. The Balaban J connectivity index is 1.62.